The van der Waals surface area contributed by atoms with Crippen molar-refractivity contribution < 1.29 is 14.3 Å². The highest BCUT2D eigenvalue weighted by Gasteiger charge is 2.16. The van der Waals surface area contributed by atoms with Gasteiger partial charge in [-0.3, -0.25) is 9.59 Å². The number of para-hydroxylation sites is 2. The molecule has 0 unspecified atom stereocenters. The molecule has 0 aliphatic carbocycles. The fourth-order valence-corrected chi connectivity index (χ4v) is 2.14. The van der Waals surface area contributed by atoms with Crippen molar-refractivity contribution in [2.45, 2.75) is 20.0 Å². The van der Waals surface area contributed by atoms with Crippen LogP contribution in [0.5, 0.6) is 5.75 Å². The van der Waals surface area contributed by atoms with E-state index in [4.69, 9.17) is 4.74 Å². The van der Waals surface area contributed by atoms with Gasteiger partial charge in [0.1, 0.15) is 5.75 Å². The second-order valence-corrected chi connectivity index (χ2v) is 6.01. The Morgan fingerprint density at radius 1 is 0.920 bits per heavy atom. The number of hydrogen-bond acceptors (Lipinski definition) is 4. The molecule has 2 aromatic rings. The van der Waals surface area contributed by atoms with Gasteiger partial charge in [0.2, 0.25) is 0 Å². The maximum atomic E-state index is 12.1. The number of amides is 2. The van der Waals surface area contributed by atoms with Gasteiger partial charge in [-0.2, -0.15) is 0 Å². The van der Waals surface area contributed by atoms with Crippen LogP contribution in [0.1, 0.15) is 13.8 Å². The van der Waals surface area contributed by atoms with Gasteiger partial charge in [-0.05, 0) is 50.2 Å². The summed E-state index contributed by atoms with van der Waals surface area (Å²) in [5.41, 5.74) is 2.01. The van der Waals surface area contributed by atoms with Crippen LogP contribution in [-0.2, 0) is 9.59 Å². The Balaban J connectivity index is 2.02. The van der Waals surface area contributed by atoms with Crippen molar-refractivity contribution in [1.82, 2.24) is 0 Å². The van der Waals surface area contributed by atoms with Crippen molar-refractivity contribution in [3.63, 3.8) is 0 Å². The first-order chi connectivity index (χ1) is 11.9. The Labute approximate surface area is 147 Å². The van der Waals surface area contributed by atoms with Crippen LogP contribution in [0.25, 0.3) is 0 Å². The van der Waals surface area contributed by atoms with E-state index in [2.05, 4.69) is 10.6 Å². The minimum absolute atomic E-state index is 0.0397. The average molecular weight is 341 g/mol. The first-order valence-electron chi connectivity index (χ1n) is 8.02. The number of nitrogens with one attached hydrogen (secondary N) is 2. The zero-order valence-corrected chi connectivity index (χ0v) is 14.9. The number of hydrogen-bond donors (Lipinski definition) is 2. The van der Waals surface area contributed by atoms with E-state index in [1.165, 1.54) is 0 Å². The average Bonchev–Trinajstić information content (AvgIpc) is 2.56. The molecule has 25 heavy (non-hydrogen) atoms. The SMILES string of the molecule is CC(C)Oc1ccccc1NC(=O)C(=O)Nc1ccc(N(C)C)cc1. The number of carbonyl (C=O) groups is 2. The molecule has 0 aromatic heterocycles. The van der Waals surface area contributed by atoms with Crippen molar-refractivity contribution in [2.75, 3.05) is 29.6 Å². The highest BCUT2D eigenvalue weighted by Crippen LogP contribution is 2.25. The van der Waals surface area contributed by atoms with Crippen LogP contribution in [-0.4, -0.2) is 32.0 Å². The van der Waals surface area contributed by atoms with Crippen LogP contribution in [0.3, 0.4) is 0 Å². The molecule has 0 aliphatic heterocycles. The zero-order chi connectivity index (χ0) is 18.4. The largest absolute Gasteiger partial charge is 0.489 e. The summed E-state index contributed by atoms with van der Waals surface area (Å²) >= 11 is 0. The molecule has 6 heteroatoms. The molecule has 6 nitrogen and oxygen atoms in total. The number of anilines is 3. The number of benzene rings is 2. The predicted octanol–water partition coefficient (Wildman–Crippen LogP) is 3.12. The van der Waals surface area contributed by atoms with Gasteiger partial charge < -0.3 is 20.3 Å². The molecule has 0 atom stereocenters. The number of nitrogens with zero attached hydrogens (tertiary/aromatic N) is 1. The first-order valence-corrected chi connectivity index (χ1v) is 8.02. The van der Waals surface area contributed by atoms with Gasteiger partial charge in [-0.1, -0.05) is 12.1 Å². The molecular formula is C19H23N3O3. The van der Waals surface area contributed by atoms with Crippen LogP contribution < -0.4 is 20.3 Å². The number of ether oxygens (including phenoxy) is 1. The lowest BCUT2D eigenvalue weighted by molar-refractivity contribution is -0.133. The summed E-state index contributed by atoms with van der Waals surface area (Å²) in [7, 11) is 3.86. The molecular weight excluding hydrogens is 318 g/mol. The van der Waals surface area contributed by atoms with Gasteiger partial charge in [-0.15, -0.1) is 0 Å². The lowest BCUT2D eigenvalue weighted by Crippen LogP contribution is -2.29. The smallest absolute Gasteiger partial charge is 0.314 e. The minimum atomic E-state index is -0.753. The van der Waals surface area contributed by atoms with Gasteiger partial charge >= 0.3 is 11.8 Å². The van der Waals surface area contributed by atoms with Crippen molar-refractivity contribution in [2.24, 2.45) is 0 Å². The third-order valence-corrected chi connectivity index (χ3v) is 3.35. The first kappa shape index (κ1) is 18.3. The Bertz CT molecular complexity index is 740. The highest BCUT2D eigenvalue weighted by atomic mass is 16.5. The Kier molecular flexibility index (Phi) is 6.00. The second kappa shape index (κ2) is 8.19. The Morgan fingerprint density at radius 2 is 1.52 bits per heavy atom. The highest BCUT2D eigenvalue weighted by molar-refractivity contribution is 6.43. The van der Waals surface area contributed by atoms with E-state index in [1.54, 1.807) is 36.4 Å². The fraction of sp³-hybridized carbons (Fsp3) is 0.263. The van der Waals surface area contributed by atoms with Gasteiger partial charge in [0.25, 0.3) is 0 Å². The molecule has 0 saturated heterocycles. The van der Waals surface area contributed by atoms with Crippen LogP contribution >= 0.6 is 0 Å². The van der Waals surface area contributed by atoms with E-state index < -0.39 is 11.8 Å². The van der Waals surface area contributed by atoms with Gasteiger partial charge in [-0.25, -0.2) is 0 Å². The quantitative estimate of drug-likeness (QED) is 0.820. The van der Waals surface area contributed by atoms with Crippen molar-refractivity contribution in [1.29, 1.82) is 0 Å². The van der Waals surface area contributed by atoms with Crippen molar-refractivity contribution in [3.8, 4) is 5.75 Å². The minimum Gasteiger partial charge on any atom is -0.489 e. The van der Waals surface area contributed by atoms with E-state index in [0.717, 1.165) is 5.69 Å². The maximum absolute atomic E-state index is 12.1. The van der Waals surface area contributed by atoms with Gasteiger partial charge in [0.15, 0.2) is 0 Å². The Morgan fingerprint density at radius 3 is 2.12 bits per heavy atom. The molecule has 2 N–H and O–H groups in total. The molecule has 0 spiro atoms. The van der Waals surface area contributed by atoms with E-state index >= 15 is 0 Å². The van der Waals surface area contributed by atoms with Crippen LogP contribution in [0.2, 0.25) is 0 Å². The fourth-order valence-electron chi connectivity index (χ4n) is 2.14. The molecule has 132 valence electrons. The van der Waals surface area contributed by atoms with E-state index in [9.17, 15) is 9.59 Å². The number of carbonyl (C=O) groups excluding carboxylic acids is 2. The van der Waals surface area contributed by atoms with E-state index in [1.807, 2.05) is 45.0 Å². The summed E-state index contributed by atoms with van der Waals surface area (Å²) in [6.45, 7) is 3.78. The molecule has 0 radical (unpaired) electrons. The molecule has 0 heterocycles. The second-order valence-electron chi connectivity index (χ2n) is 6.01. The summed E-state index contributed by atoms with van der Waals surface area (Å²) in [5.74, 6) is -0.970. The van der Waals surface area contributed by atoms with Crippen molar-refractivity contribution >= 4 is 28.9 Å². The van der Waals surface area contributed by atoms with Gasteiger partial charge in [0, 0.05) is 25.5 Å². The van der Waals surface area contributed by atoms with Crippen LogP contribution in [0.15, 0.2) is 48.5 Å². The third-order valence-electron chi connectivity index (χ3n) is 3.35. The molecule has 2 rings (SSSR count). The molecule has 0 aliphatic rings. The third kappa shape index (κ3) is 5.24. The molecule has 2 amide bonds. The summed E-state index contributed by atoms with van der Waals surface area (Å²) in [5, 5.41) is 5.16. The molecule has 0 bridgehead atoms. The van der Waals surface area contributed by atoms with Crippen LogP contribution in [0, 0.1) is 0 Å². The van der Waals surface area contributed by atoms with E-state index in [0.29, 0.717) is 17.1 Å². The summed E-state index contributed by atoms with van der Waals surface area (Å²) in [4.78, 5) is 26.2. The van der Waals surface area contributed by atoms with Crippen LogP contribution in [0.4, 0.5) is 17.1 Å². The lowest BCUT2D eigenvalue weighted by Gasteiger charge is -2.15. The lowest BCUT2D eigenvalue weighted by atomic mass is 10.2. The molecule has 0 fully saturated rings. The topological polar surface area (TPSA) is 70.7 Å². The standard InChI is InChI=1S/C19H23N3O3/c1-13(2)25-17-8-6-5-7-16(17)21-19(24)18(23)20-14-9-11-15(12-10-14)22(3)4/h5-13H,1-4H3,(H,20,23)(H,21,24). The van der Waals surface area contributed by atoms with Crippen molar-refractivity contribution in [3.05, 3.63) is 48.5 Å². The summed E-state index contributed by atoms with van der Waals surface area (Å²) in [6.07, 6.45) is -0.0397. The van der Waals surface area contributed by atoms with Gasteiger partial charge in [0.05, 0.1) is 11.8 Å². The maximum Gasteiger partial charge on any atom is 0.314 e. The monoisotopic (exact) mass is 341 g/mol. The van der Waals surface area contributed by atoms with E-state index in [-0.39, 0.29) is 6.10 Å². The predicted molar refractivity (Wildman–Crippen MR) is 100 cm³/mol. The molecule has 2 aromatic carbocycles. The summed E-state index contributed by atoms with van der Waals surface area (Å²) in [6, 6.07) is 14.2. The zero-order valence-electron chi connectivity index (χ0n) is 14.9. The normalized spacial score (nSPS) is 10.3. The number of rotatable bonds is 5. The molecule has 0 saturated carbocycles. The Hall–Kier alpha value is -3.02. The summed E-state index contributed by atoms with van der Waals surface area (Å²) < 4.78 is 5.63.